The molecule has 1 atom stereocenters. The predicted molar refractivity (Wildman–Crippen MR) is 98.9 cm³/mol. The molecule has 1 saturated heterocycles. The number of amides is 1. The van der Waals surface area contributed by atoms with E-state index in [2.05, 4.69) is 4.90 Å². The van der Waals surface area contributed by atoms with Gasteiger partial charge in [0.15, 0.2) is 0 Å². The molecule has 0 radical (unpaired) electrons. The minimum absolute atomic E-state index is 0.109. The Balaban J connectivity index is 1.39. The molecule has 4 nitrogen and oxygen atoms in total. The third-order valence-corrected chi connectivity index (χ3v) is 5.23. The summed E-state index contributed by atoms with van der Waals surface area (Å²) in [6.45, 7) is 3.54. The molecule has 2 heterocycles. The number of rotatable bonds is 2. The fraction of sp³-hybridized carbons (Fsp3) is 0.381. The molecule has 0 aliphatic carbocycles. The van der Waals surface area contributed by atoms with Crippen LogP contribution in [0.2, 0.25) is 0 Å². The molecule has 136 valence electrons. The Morgan fingerprint density at radius 1 is 1.00 bits per heavy atom. The van der Waals surface area contributed by atoms with Crippen molar-refractivity contribution in [1.82, 2.24) is 4.90 Å². The number of nitrogens with zero attached hydrogens (tertiary/aromatic N) is 2. The molecule has 2 aliphatic heterocycles. The zero-order valence-corrected chi connectivity index (χ0v) is 14.7. The highest BCUT2D eigenvalue weighted by atomic mass is 19.1. The topological polar surface area (TPSA) is 32.8 Å². The van der Waals surface area contributed by atoms with Gasteiger partial charge >= 0.3 is 0 Å². The highest BCUT2D eigenvalue weighted by molar-refractivity contribution is 5.80. The van der Waals surface area contributed by atoms with E-state index < -0.39 is 0 Å². The number of hydrogen-bond donors (Lipinski definition) is 0. The maximum absolute atomic E-state index is 13.1. The molecule has 0 bridgehead atoms. The first kappa shape index (κ1) is 16.9. The Bertz CT molecular complexity index is 778. The summed E-state index contributed by atoms with van der Waals surface area (Å²) in [5, 5.41) is 0. The van der Waals surface area contributed by atoms with Crippen LogP contribution in [-0.4, -0.2) is 43.6 Å². The molecule has 0 unspecified atom stereocenters. The summed E-state index contributed by atoms with van der Waals surface area (Å²) in [5.41, 5.74) is 2.12. The van der Waals surface area contributed by atoms with E-state index in [0.717, 1.165) is 49.5 Å². The van der Waals surface area contributed by atoms with Crippen LogP contribution in [0.1, 0.15) is 12.0 Å². The molecule has 1 fully saturated rings. The lowest BCUT2D eigenvalue weighted by molar-refractivity contribution is -0.136. The maximum atomic E-state index is 13.1. The number of anilines is 1. The Morgan fingerprint density at radius 2 is 1.81 bits per heavy atom. The highest BCUT2D eigenvalue weighted by Gasteiger charge is 2.30. The molecule has 2 aromatic carbocycles. The van der Waals surface area contributed by atoms with Gasteiger partial charge < -0.3 is 14.5 Å². The lowest BCUT2D eigenvalue weighted by Gasteiger charge is -2.30. The van der Waals surface area contributed by atoms with Crippen molar-refractivity contribution in [1.29, 1.82) is 0 Å². The van der Waals surface area contributed by atoms with E-state index in [9.17, 15) is 9.18 Å². The van der Waals surface area contributed by atoms with Crippen molar-refractivity contribution in [3.05, 3.63) is 59.9 Å². The Hall–Kier alpha value is -2.56. The molecular formula is C21H23FN2O2. The fourth-order valence-corrected chi connectivity index (χ4v) is 3.79. The first-order valence-corrected chi connectivity index (χ1v) is 9.21. The molecular weight excluding hydrogens is 331 g/mol. The van der Waals surface area contributed by atoms with E-state index in [0.29, 0.717) is 13.2 Å². The molecule has 0 N–H and O–H groups in total. The van der Waals surface area contributed by atoms with Crippen LogP contribution in [0.25, 0.3) is 0 Å². The van der Waals surface area contributed by atoms with Crippen molar-refractivity contribution in [3.63, 3.8) is 0 Å². The first-order chi connectivity index (χ1) is 12.7. The number of carbonyl (C=O) groups is 1. The lowest BCUT2D eigenvalue weighted by atomic mass is 9.95. The van der Waals surface area contributed by atoms with Crippen LogP contribution in [0.4, 0.5) is 10.1 Å². The Morgan fingerprint density at radius 3 is 2.65 bits per heavy atom. The van der Waals surface area contributed by atoms with Crippen LogP contribution >= 0.6 is 0 Å². The van der Waals surface area contributed by atoms with Gasteiger partial charge in [-0.2, -0.15) is 0 Å². The molecule has 26 heavy (non-hydrogen) atoms. The third kappa shape index (κ3) is 3.52. The summed E-state index contributed by atoms with van der Waals surface area (Å²) in [6, 6.07) is 14.5. The van der Waals surface area contributed by atoms with Gasteiger partial charge in [-0.05, 0) is 48.7 Å². The van der Waals surface area contributed by atoms with Crippen molar-refractivity contribution in [2.45, 2.75) is 12.8 Å². The SMILES string of the molecule is O=C([C@@H]1COc2ccccc2C1)N1CCCN(c2ccc(F)cc2)CC1. The number of fused-ring (bicyclic) bond motifs is 1. The van der Waals surface area contributed by atoms with Crippen molar-refractivity contribution < 1.29 is 13.9 Å². The minimum atomic E-state index is -0.224. The van der Waals surface area contributed by atoms with E-state index in [1.807, 2.05) is 29.2 Å². The van der Waals surface area contributed by atoms with Gasteiger partial charge in [-0.15, -0.1) is 0 Å². The highest BCUT2D eigenvalue weighted by Crippen LogP contribution is 2.28. The molecule has 4 rings (SSSR count). The fourth-order valence-electron chi connectivity index (χ4n) is 3.79. The van der Waals surface area contributed by atoms with Crippen LogP contribution in [0.3, 0.4) is 0 Å². The van der Waals surface area contributed by atoms with E-state index in [4.69, 9.17) is 4.74 Å². The van der Waals surface area contributed by atoms with Crippen LogP contribution in [0.5, 0.6) is 5.75 Å². The molecule has 2 aromatic rings. The summed E-state index contributed by atoms with van der Waals surface area (Å²) in [6.07, 6.45) is 1.65. The van der Waals surface area contributed by atoms with Crippen LogP contribution in [0, 0.1) is 11.7 Å². The monoisotopic (exact) mass is 354 g/mol. The summed E-state index contributed by atoms with van der Waals surface area (Å²) in [5.74, 6) is 0.746. The molecule has 2 aliphatic rings. The zero-order valence-electron chi connectivity index (χ0n) is 14.7. The van der Waals surface area contributed by atoms with Crippen LogP contribution < -0.4 is 9.64 Å². The largest absolute Gasteiger partial charge is 0.492 e. The number of benzene rings is 2. The normalized spacial score (nSPS) is 20.1. The van der Waals surface area contributed by atoms with E-state index in [1.54, 1.807) is 12.1 Å². The molecule has 0 spiro atoms. The van der Waals surface area contributed by atoms with Gasteiger partial charge in [-0.1, -0.05) is 18.2 Å². The predicted octanol–water partition coefficient (Wildman–Crippen LogP) is 3.12. The van der Waals surface area contributed by atoms with Crippen molar-refractivity contribution in [3.8, 4) is 5.75 Å². The minimum Gasteiger partial charge on any atom is -0.492 e. The van der Waals surface area contributed by atoms with E-state index in [-0.39, 0.29) is 17.6 Å². The van der Waals surface area contributed by atoms with Gasteiger partial charge in [0.1, 0.15) is 18.2 Å². The summed E-state index contributed by atoms with van der Waals surface area (Å²) in [7, 11) is 0. The molecule has 1 amide bonds. The summed E-state index contributed by atoms with van der Waals surface area (Å²) >= 11 is 0. The molecule has 5 heteroatoms. The van der Waals surface area contributed by atoms with Gasteiger partial charge in [-0.3, -0.25) is 4.79 Å². The van der Waals surface area contributed by atoms with Gasteiger partial charge in [0, 0.05) is 31.9 Å². The average molecular weight is 354 g/mol. The molecule has 0 saturated carbocycles. The van der Waals surface area contributed by atoms with Gasteiger partial charge in [0.25, 0.3) is 0 Å². The lowest BCUT2D eigenvalue weighted by Crippen LogP contribution is -2.42. The maximum Gasteiger partial charge on any atom is 0.229 e. The van der Waals surface area contributed by atoms with Gasteiger partial charge in [0.05, 0.1) is 5.92 Å². The van der Waals surface area contributed by atoms with Crippen molar-refractivity contribution >= 4 is 11.6 Å². The number of ether oxygens (including phenoxy) is 1. The quantitative estimate of drug-likeness (QED) is 0.831. The van der Waals surface area contributed by atoms with Crippen LogP contribution in [0.15, 0.2) is 48.5 Å². The number of carbonyl (C=O) groups excluding carboxylic acids is 1. The standard InChI is InChI=1S/C21H23FN2O2/c22-18-6-8-19(9-7-18)23-10-3-11-24(13-12-23)21(25)17-14-16-4-1-2-5-20(16)26-15-17/h1-2,4-9,17H,3,10-15H2/t17-/m0/s1. The van der Waals surface area contributed by atoms with Crippen molar-refractivity contribution in [2.75, 3.05) is 37.7 Å². The third-order valence-electron chi connectivity index (χ3n) is 5.23. The summed E-state index contributed by atoms with van der Waals surface area (Å²) < 4.78 is 18.9. The number of para-hydroxylation sites is 1. The second-order valence-corrected chi connectivity index (χ2v) is 6.96. The van der Waals surface area contributed by atoms with Gasteiger partial charge in [0.2, 0.25) is 5.91 Å². The Labute approximate surface area is 153 Å². The van der Waals surface area contributed by atoms with E-state index in [1.165, 1.54) is 12.1 Å². The number of halogens is 1. The Kier molecular flexibility index (Phi) is 4.78. The smallest absolute Gasteiger partial charge is 0.229 e. The second-order valence-electron chi connectivity index (χ2n) is 6.96. The summed E-state index contributed by atoms with van der Waals surface area (Å²) in [4.78, 5) is 17.2. The second kappa shape index (κ2) is 7.36. The molecule has 0 aromatic heterocycles. The number of hydrogen-bond acceptors (Lipinski definition) is 3. The van der Waals surface area contributed by atoms with E-state index >= 15 is 0 Å². The zero-order chi connectivity index (χ0) is 17.9. The van der Waals surface area contributed by atoms with Gasteiger partial charge in [-0.25, -0.2) is 4.39 Å². The van der Waals surface area contributed by atoms with Crippen molar-refractivity contribution in [2.24, 2.45) is 5.92 Å². The first-order valence-electron chi connectivity index (χ1n) is 9.21. The van der Waals surface area contributed by atoms with Crippen LogP contribution in [-0.2, 0) is 11.2 Å². The average Bonchev–Trinajstić information content (AvgIpc) is 2.94.